The minimum Gasteiger partial charge on any atom is -0.391 e. The first kappa shape index (κ1) is 16.0. The van der Waals surface area contributed by atoms with Gasteiger partial charge in [0.1, 0.15) is 6.54 Å². The summed E-state index contributed by atoms with van der Waals surface area (Å²) in [5, 5.41) is 9.24. The molecule has 0 bridgehead atoms. The van der Waals surface area contributed by atoms with Crippen LogP contribution >= 0.6 is 11.3 Å². The molecule has 0 unspecified atom stereocenters. The molecule has 0 aliphatic carbocycles. The second-order valence-corrected chi connectivity index (χ2v) is 7.32. The second kappa shape index (κ2) is 6.12. The van der Waals surface area contributed by atoms with E-state index < -0.39 is 0 Å². The number of aliphatic hydroxyl groups is 1. The SMILES string of the molecule is Cn1c(=O)n(CC(=O)N2CCC2)c2cc(-c3ccc(CO)s3)cnc21. The van der Waals surface area contributed by atoms with Gasteiger partial charge in [-0.2, -0.15) is 0 Å². The molecule has 1 aliphatic heterocycles. The van der Waals surface area contributed by atoms with E-state index in [1.54, 1.807) is 18.1 Å². The van der Waals surface area contributed by atoms with Crippen molar-refractivity contribution in [3.8, 4) is 10.4 Å². The zero-order valence-corrected chi connectivity index (χ0v) is 14.6. The first-order valence-corrected chi connectivity index (χ1v) is 8.93. The fourth-order valence-electron chi connectivity index (χ4n) is 2.98. The van der Waals surface area contributed by atoms with Gasteiger partial charge >= 0.3 is 5.69 Å². The minimum atomic E-state index is -0.240. The van der Waals surface area contributed by atoms with E-state index in [0.717, 1.165) is 34.8 Å². The normalized spacial score (nSPS) is 14.1. The summed E-state index contributed by atoms with van der Waals surface area (Å²) < 4.78 is 2.96. The third kappa shape index (κ3) is 2.67. The predicted octanol–water partition coefficient (Wildman–Crippen LogP) is 1.19. The molecule has 4 heterocycles. The maximum atomic E-state index is 12.5. The number of imidazole rings is 1. The number of aromatic nitrogens is 3. The summed E-state index contributed by atoms with van der Waals surface area (Å²) in [5.41, 5.74) is 1.84. The molecule has 4 rings (SSSR count). The molecule has 0 atom stereocenters. The summed E-state index contributed by atoms with van der Waals surface area (Å²) in [6, 6.07) is 5.69. The van der Waals surface area contributed by atoms with Crippen LogP contribution in [-0.4, -0.2) is 43.1 Å². The third-order valence-electron chi connectivity index (χ3n) is 4.58. The monoisotopic (exact) mass is 358 g/mol. The molecule has 0 spiro atoms. The lowest BCUT2D eigenvalue weighted by Gasteiger charge is -2.30. The van der Waals surface area contributed by atoms with E-state index in [-0.39, 0.29) is 24.7 Å². The van der Waals surface area contributed by atoms with Crippen LogP contribution in [0, 0.1) is 0 Å². The number of aryl methyl sites for hydroxylation is 1. The Hall–Kier alpha value is -2.45. The fourth-order valence-corrected chi connectivity index (χ4v) is 3.83. The van der Waals surface area contributed by atoms with Gasteiger partial charge in [-0.25, -0.2) is 9.78 Å². The number of amides is 1. The topological polar surface area (TPSA) is 80.4 Å². The molecule has 0 aromatic carbocycles. The van der Waals surface area contributed by atoms with Crippen LogP contribution in [0.2, 0.25) is 0 Å². The Balaban J connectivity index is 1.78. The summed E-state index contributed by atoms with van der Waals surface area (Å²) in [6.45, 7) is 1.57. The van der Waals surface area contributed by atoms with Gasteiger partial charge in [0.25, 0.3) is 0 Å². The highest BCUT2D eigenvalue weighted by atomic mass is 32.1. The number of hydrogen-bond donors (Lipinski definition) is 1. The minimum absolute atomic E-state index is 0.000715. The molecule has 1 aliphatic rings. The molecule has 1 saturated heterocycles. The Morgan fingerprint density at radius 1 is 1.36 bits per heavy atom. The summed E-state index contributed by atoms with van der Waals surface area (Å²) in [4.78, 5) is 32.9. The largest absolute Gasteiger partial charge is 0.391 e. The number of pyridine rings is 1. The van der Waals surface area contributed by atoms with Crippen molar-refractivity contribution in [3.63, 3.8) is 0 Å². The highest BCUT2D eigenvalue weighted by Gasteiger charge is 2.23. The first-order valence-electron chi connectivity index (χ1n) is 8.11. The first-order chi connectivity index (χ1) is 12.1. The van der Waals surface area contributed by atoms with Crippen LogP contribution in [0.25, 0.3) is 21.6 Å². The summed E-state index contributed by atoms with van der Waals surface area (Å²) >= 11 is 1.48. The van der Waals surface area contributed by atoms with E-state index in [1.807, 2.05) is 18.2 Å². The molecular weight excluding hydrogens is 340 g/mol. The molecule has 3 aromatic heterocycles. The van der Waals surface area contributed by atoms with Gasteiger partial charge in [0, 0.05) is 41.7 Å². The van der Waals surface area contributed by atoms with Crippen molar-refractivity contribution in [3.05, 3.63) is 39.8 Å². The van der Waals surface area contributed by atoms with Crippen LogP contribution in [-0.2, 0) is 25.0 Å². The Kier molecular flexibility index (Phi) is 3.93. The quantitative estimate of drug-likeness (QED) is 0.760. The maximum absolute atomic E-state index is 12.5. The lowest BCUT2D eigenvalue weighted by atomic mass is 10.2. The van der Waals surface area contributed by atoms with Gasteiger partial charge in [-0.15, -0.1) is 11.3 Å². The van der Waals surface area contributed by atoms with E-state index in [9.17, 15) is 14.7 Å². The van der Waals surface area contributed by atoms with Gasteiger partial charge < -0.3 is 10.0 Å². The van der Waals surface area contributed by atoms with E-state index >= 15 is 0 Å². The van der Waals surface area contributed by atoms with E-state index in [2.05, 4.69) is 4.98 Å². The number of hydrogen-bond acceptors (Lipinski definition) is 5. The molecule has 1 amide bonds. The van der Waals surface area contributed by atoms with Crippen LogP contribution in [0.3, 0.4) is 0 Å². The van der Waals surface area contributed by atoms with Crippen LogP contribution in [0.4, 0.5) is 0 Å². The van der Waals surface area contributed by atoms with Crippen LogP contribution in [0.1, 0.15) is 11.3 Å². The number of rotatable bonds is 4. The Labute approximate surface area is 147 Å². The van der Waals surface area contributed by atoms with E-state index in [0.29, 0.717) is 11.2 Å². The van der Waals surface area contributed by atoms with Crippen LogP contribution in [0.15, 0.2) is 29.2 Å². The lowest BCUT2D eigenvalue weighted by molar-refractivity contribution is -0.135. The third-order valence-corrected chi connectivity index (χ3v) is 5.70. The zero-order valence-electron chi connectivity index (χ0n) is 13.8. The number of carbonyl (C=O) groups excluding carboxylic acids is 1. The maximum Gasteiger partial charge on any atom is 0.330 e. The molecule has 130 valence electrons. The van der Waals surface area contributed by atoms with Crippen molar-refractivity contribution < 1.29 is 9.90 Å². The molecule has 7 nitrogen and oxygen atoms in total. The summed E-state index contributed by atoms with van der Waals surface area (Å²) in [5.74, 6) is -0.0371. The average molecular weight is 358 g/mol. The van der Waals surface area contributed by atoms with Gasteiger partial charge in [-0.1, -0.05) is 0 Å². The van der Waals surface area contributed by atoms with Crippen molar-refractivity contribution in [2.24, 2.45) is 7.05 Å². The zero-order chi connectivity index (χ0) is 17.6. The molecule has 1 N–H and O–H groups in total. The Morgan fingerprint density at radius 3 is 2.80 bits per heavy atom. The van der Waals surface area contributed by atoms with Crippen molar-refractivity contribution in [1.29, 1.82) is 0 Å². The molecule has 0 saturated carbocycles. The fraction of sp³-hybridized carbons (Fsp3) is 0.353. The molecule has 25 heavy (non-hydrogen) atoms. The van der Waals surface area contributed by atoms with Gasteiger partial charge in [0.05, 0.1) is 12.1 Å². The highest BCUT2D eigenvalue weighted by molar-refractivity contribution is 7.15. The predicted molar refractivity (Wildman–Crippen MR) is 95.4 cm³/mol. The average Bonchev–Trinajstić information content (AvgIpc) is 3.13. The van der Waals surface area contributed by atoms with Gasteiger partial charge in [0.15, 0.2) is 5.65 Å². The smallest absolute Gasteiger partial charge is 0.330 e. The number of aliphatic hydroxyl groups excluding tert-OH is 1. The van der Waals surface area contributed by atoms with Crippen LogP contribution in [0.5, 0.6) is 0 Å². The van der Waals surface area contributed by atoms with Gasteiger partial charge in [-0.3, -0.25) is 13.9 Å². The number of carbonyl (C=O) groups is 1. The number of thiophene rings is 1. The Bertz CT molecular complexity index is 1010. The molecule has 3 aromatic rings. The van der Waals surface area contributed by atoms with E-state index in [1.165, 1.54) is 20.5 Å². The highest BCUT2D eigenvalue weighted by Crippen LogP contribution is 2.29. The number of likely N-dealkylation sites (tertiary alicyclic amines) is 1. The molecule has 1 fully saturated rings. The van der Waals surface area contributed by atoms with Crippen molar-refractivity contribution in [2.45, 2.75) is 19.6 Å². The lowest BCUT2D eigenvalue weighted by Crippen LogP contribution is -2.44. The standard InChI is InChI=1S/C17H18N4O3S/c1-19-16-13(21(17(19)24)9-15(23)20-5-2-6-20)7-11(8-18-16)14-4-3-12(10-22)25-14/h3-4,7-8,22H,2,5-6,9-10H2,1H3. The van der Waals surface area contributed by atoms with E-state index in [4.69, 9.17) is 0 Å². The Morgan fingerprint density at radius 2 is 2.16 bits per heavy atom. The summed E-state index contributed by atoms with van der Waals surface area (Å²) in [6.07, 6.45) is 2.74. The second-order valence-electron chi connectivity index (χ2n) is 6.15. The molecular formula is C17H18N4O3S. The number of fused-ring (bicyclic) bond motifs is 1. The van der Waals surface area contributed by atoms with Crippen LogP contribution < -0.4 is 5.69 Å². The van der Waals surface area contributed by atoms with Gasteiger partial charge in [-0.05, 0) is 24.6 Å². The summed E-state index contributed by atoms with van der Waals surface area (Å²) in [7, 11) is 1.66. The van der Waals surface area contributed by atoms with Gasteiger partial charge in [0.2, 0.25) is 5.91 Å². The van der Waals surface area contributed by atoms with Crippen molar-refractivity contribution in [1.82, 2.24) is 19.0 Å². The number of nitrogens with zero attached hydrogens (tertiary/aromatic N) is 4. The molecule has 8 heteroatoms. The van der Waals surface area contributed by atoms with Crippen molar-refractivity contribution in [2.75, 3.05) is 13.1 Å². The molecule has 0 radical (unpaired) electrons. The van der Waals surface area contributed by atoms with Crippen molar-refractivity contribution >= 4 is 28.4 Å².